The van der Waals surface area contributed by atoms with Crippen LogP contribution >= 0.6 is 0 Å². The Hall–Kier alpha value is -0.780. The summed E-state index contributed by atoms with van der Waals surface area (Å²) in [4.78, 5) is 0. The molecular formula is C11H18. The molecule has 0 saturated carbocycles. The zero-order valence-corrected chi connectivity index (χ0v) is 8.07. The zero-order valence-electron chi connectivity index (χ0n) is 8.07. The lowest BCUT2D eigenvalue weighted by Gasteiger charge is -2.27. The molecule has 0 aliphatic rings. The van der Waals surface area contributed by atoms with Gasteiger partial charge in [-0.15, -0.1) is 0 Å². The van der Waals surface area contributed by atoms with Crippen LogP contribution in [0.15, 0.2) is 36.5 Å². The maximum Gasteiger partial charge on any atom is 0.0261 e. The van der Waals surface area contributed by atoms with E-state index in [-0.39, 0.29) is 5.41 Å². The molecule has 0 aromatic rings. The van der Waals surface area contributed by atoms with Crippen molar-refractivity contribution < 1.29 is 0 Å². The monoisotopic (exact) mass is 150 g/mol. The molecule has 11 heavy (non-hydrogen) atoms. The van der Waals surface area contributed by atoms with Crippen molar-refractivity contribution in [2.45, 2.75) is 27.7 Å². The Morgan fingerprint density at radius 2 is 1.55 bits per heavy atom. The van der Waals surface area contributed by atoms with Crippen LogP contribution in [0.3, 0.4) is 0 Å². The third-order valence-corrected chi connectivity index (χ3v) is 2.27. The van der Waals surface area contributed by atoms with Gasteiger partial charge in [-0.2, -0.15) is 0 Å². The first-order valence-electron chi connectivity index (χ1n) is 3.91. The average Bonchev–Trinajstić information content (AvgIpc) is 1.87. The van der Waals surface area contributed by atoms with Crippen molar-refractivity contribution >= 4 is 0 Å². The van der Waals surface area contributed by atoms with Crippen molar-refractivity contribution in [1.29, 1.82) is 0 Å². The Labute approximate surface area is 70.3 Å². The Kier molecular flexibility index (Phi) is 3.31. The summed E-state index contributed by atoms with van der Waals surface area (Å²) in [5, 5.41) is 0. The van der Waals surface area contributed by atoms with Crippen LogP contribution < -0.4 is 0 Å². The molecule has 0 rings (SSSR count). The standard InChI is InChI=1S/C11H18/c1-7-8-11(6,9(2)3)10(4)5/h7-8H,2,4H2,1,3,5-6H3/b8-7+. The second kappa shape index (κ2) is 3.56. The van der Waals surface area contributed by atoms with Gasteiger partial charge in [0.2, 0.25) is 0 Å². The Morgan fingerprint density at radius 1 is 1.18 bits per heavy atom. The summed E-state index contributed by atoms with van der Waals surface area (Å²) < 4.78 is 0. The lowest BCUT2D eigenvalue weighted by atomic mass is 9.78. The van der Waals surface area contributed by atoms with Gasteiger partial charge in [-0.1, -0.05) is 36.5 Å². The molecular weight excluding hydrogens is 132 g/mol. The highest BCUT2D eigenvalue weighted by molar-refractivity contribution is 5.29. The number of rotatable bonds is 3. The normalized spacial score (nSPS) is 12.0. The van der Waals surface area contributed by atoms with Gasteiger partial charge in [-0.25, -0.2) is 0 Å². The summed E-state index contributed by atoms with van der Waals surface area (Å²) in [6.07, 6.45) is 4.18. The van der Waals surface area contributed by atoms with Crippen molar-refractivity contribution in [3.8, 4) is 0 Å². The summed E-state index contributed by atoms with van der Waals surface area (Å²) >= 11 is 0. The topological polar surface area (TPSA) is 0 Å². The lowest BCUT2D eigenvalue weighted by molar-refractivity contribution is 0.619. The van der Waals surface area contributed by atoms with Crippen LogP contribution in [0.1, 0.15) is 27.7 Å². The molecule has 0 saturated heterocycles. The van der Waals surface area contributed by atoms with E-state index in [4.69, 9.17) is 0 Å². The molecule has 0 N–H and O–H groups in total. The number of hydrogen-bond acceptors (Lipinski definition) is 0. The van der Waals surface area contributed by atoms with Crippen LogP contribution in [-0.4, -0.2) is 0 Å². The maximum absolute atomic E-state index is 3.96. The summed E-state index contributed by atoms with van der Waals surface area (Å²) in [6, 6.07) is 0. The largest absolute Gasteiger partial charge is 0.0990 e. The lowest BCUT2D eigenvalue weighted by Crippen LogP contribution is -2.14. The average molecular weight is 150 g/mol. The minimum absolute atomic E-state index is 0.0191. The quantitative estimate of drug-likeness (QED) is 0.538. The molecule has 0 aliphatic heterocycles. The smallest absolute Gasteiger partial charge is 0.0261 e. The van der Waals surface area contributed by atoms with Crippen LogP contribution in [0.5, 0.6) is 0 Å². The van der Waals surface area contributed by atoms with Crippen LogP contribution in [0.2, 0.25) is 0 Å². The van der Waals surface area contributed by atoms with Crippen LogP contribution in [-0.2, 0) is 0 Å². The van der Waals surface area contributed by atoms with Gasteiger partial charge in [-0.3, -0.25) is 0 Å². The molecule has 0 nitrogen and oxygen atoms in total. The first kappa shape index (κ1) is 10.2. The predicted octanol–water partition coefficient (Wildman–Crippen LogP) is 3.72. The van der Waals surface area contributed by atoms with Gasteiger partial charge in [0.05, 0.1) is 0 Å². The van der Waals surface area contributed by atoms with Crippen molar-refractivity contribution in [2.24, 2.45) is 5.41 Å². The van der Waals surface area contributed by atoms with Gasteiger partial charge in [0.15, 0.2) is 0 Å². The van der Waals surface area contributed by atoms with Crippen molar-refractivity contribution in [3.05, 3.63) is 36.5 Å². The Balaban J connectivity index is 4.82. The van der Waals surface area contributed by atoms with Gasteiger partial charge < -0.3 is 0 Å². The number of hydrogen-bond donors (Lipinski definition) is 0. The van der Waals surface area contributed by atoms with Crippen LogP contribution in [0.4, 0.5) is 0 Å². The molecule has 0 bridgehead atoms. The summed E-state index contributed by atoms with van der Waals surface area (Å²) in [5.41, 5.74) is 2.26. The van der Waals surface area contributed by atoms with E-state index in [9.17, 15) is 0 Å². The van der Waals surface area contributed by atoms with Crippen molar-refractivity contribution in [3.63, 3.8) is 0 Å². The highest BCUT2D eigenvalue weighted by Gasteiger charge is 2.21. The second-order valence-electron chi connectivity index (χ2n) is 3.26. The molecule has 0 atom stereocenters. The first-order valence-corrected chi connectivity index (χ1v) is 3.91. The van der Waals surface area contributed by atoms with E-state index in [0.717, 1.165) is 11.1 Å². The molecule has 0 heterocycles. The van der Waals surface area contributed by atoms with E-state index in [1.54, 1.807) is 0 Å². The SMILES string of the molecule is C=C(C)C(C)(/C=C/C)C(=C)C. The molecule has 0 fully saturated rings. The molecule has 0 spiro atoms. The summed E-state index contributed by atoms with van der Waals surface area (Å²) in [5.74, 6) is 0. The molecule has 0 unspecified atom stereocenters. The van der Waals surface area contributed by atoms with E-state index < -0.39 is 0 Å². The molecule has 0 aliphatic carbocycles. The van der Waals surface area contributed by atoms with E-state index >= 15 is 0 Å². The zero-order chi connectivity index (χ0) is 9.07. The maximum atomic E-state index is 3.96. The third kappa shape index (κ3) is 2.07. The Morgan fingerprint density at radius 3 is 1.64 bits per heavy atom. The molecule has 0 aromatic heterocycles. The fourth-order valence-electron chi connectivity index (χ4n) is 0.982. The van der Waals surface area contributed by atoms with Gasteiger partial charge >= 0.3 is 0 Å². The van der Waals surface area contributed by atoms with E-state index in [2.05, 4.69) is 26.2 Å². The van der Waals surface area contributed by atoms with Crippen molar-refractivity contribution in [1.82, 2.24) is 0 Å². The highest BCUT2D eigenvalue weighted by Crippen LogP contribution is 2.34. The molecule has 0 heteroatoms. The number of allylic oxidation sites excluding steroid dienone is 4. The highest BCUT2D eigenvalue weighted by atomic mass is 14.3. The fraction of sp³-hybridized carbons (Fsp3) is 0.455. The van der Waals surface area contributed by atoms with Crippen molar-refractivity contribution in [2.75, 3.05) is 0 Å². The summed E-state index contributed by atoms with van der Waals surface area (Å²) in [7, 11) is 0. The van der Waals surface area contributed by atoms with Gasteiger partial charge in [0.25, 0.3) is 0 Å². The second-order valence-corrected chi connectivity index (χ2v) is 3.26. The van der Waals surface area contributed by atoms with E-state index in [1.165, 1.54) is 0 Å². The van der Waals surface area contributed by atoms with Gasteiger partial charge in [0.1, 0.15) is 0 Å². The molecule has 0 radical (unpaired) electrons. The predicted molar refractivity (Wildman–Crippen MR) is 52.5 cm³/mol. The molecule has 0 aromatic carbocycles. The van der Waals surface area contributed by atoms with Gasteiger partial charge in [0, 0.05) is 5.41 Å². The Bertz CT molecular complexity index is 180. The molecule has 62 valence electrons. The van der Waals surface area contributed by atoms with Crippen LogP contribution in [0, 0.1) is 5.41 Å². The first-order chi connectivity index (χ1) is 4.95. The third-order valence-electron chi connectivity index (χ3n) is 2.27. The van der Waals surface area contributed by atoms with Gasteiger partial charge in [-0.05, 0) is 27.7 Å². The minimum atomic E-state index is -0.0191. The fourth-order valence-corrected chi connectivity index (χ4v) is 0.982. The summed E-state index contributed by atoms with van der Waals surface area (Å²) in [6.45, 7) is 16.1. The minimum Gasteiger partial charge on any atom is -0.0990 e. The van der Waals surface area contributed by atoms with E-state index in [0.29, 0.717) is 0 Å². The van der Waals surface area contributed by atoms with E-state index in [1.807, 2.05) is 26.8 Å². The van der Waals surface area contributed by atoms with Crippen LogP contribution in [0.25, 0.3) is 0 Å². The molecule has 0 amide bonds.